The van der Waals surface area contributed by atoms with Crippen LogP contribution in [0.1, 0.15) is 45.5 Å². The van der Waals surface area contributed by atoms with Crippen molar-refractivity contribution < 1.29 is 23.7 Å². The van der Waals surface area contributed by atoms with E-state index in [1.165, 1.54) is 17.4 Å². The van der Waals surface area contributed by atoms with Crippen LogP contribution in [0.3, 0.4) is 0 Å². The highest BCUT2D eigenvalue weighted by Gasteiger charge is 2.24. The Bertz CT molecular complexity index is 1430. The van der Waals surface area contributed by atoms with Crippen molar-refractivity contribution in [1.29, 1.82) is 0 Å². The molecule has 2 aromatic carbocycles. The third-order valence-corrected chi connectivity index (χ3v) is 7.35. The molecule has 2 heterocycles. The molecule has 1 aliphatic rings. The Hall–Kier alpha value is -3.65. The Morgan fingerprint density at radius 1 is 0.914 bits per heavy atom. The van der Waals surface area contributed by atoms with Crippen molar-refractivity contribution in [3.05, 3.63) is 63.8 Å². The number of ketones is 1. The van der Waals surface area contributed by atoms with Gasteiger partial charge in [-0.3, -0.25) is 4.79 Å². The van der Waals surface area contributed by atoms with E-state index >= 15 is 0 Å². The van der Waals surface area contributed by atoms with Gasteiger partial charge in [0.15, 0.2) is 28.8 Å². The van der Waals surface area contributed by atoms with Gasteiger partial charge in [-0.25, -0.2) is 4.98 Å². The molecule has 0 radical (unpaired) electrons. The molecule has 4 aromatic rings. The van der Waals surface area contributed by atoms with Crippen molar-refractivity contribution in [2.75, 3.05) is 21.3 Å². The fourth-order valence-electron chi connectivity index (χ4n) is 4.41. The zero-order valence-electron chi connectivity index (χ0n) is 20.1. The van der Waals surface area contributed by atoms with E-state index < -0.39 is 0 Å². The lowest BCUT2D eigenvalue weighted by atomic mass is 10.1. The number of carbonyl (C=O) groups is 1. The number of Topliss-reactive ketones (excluding diaryl/α,β-unsaturated/α-hetero) is 1. The summed E-state index contributed by atoms with van der Waals surface area (Å²) in [6.07, 6.45) is 3.68. The molecule has 0 fully saturated rings. The number of aryl methyl sites for hydroxylation is 2. The second-order valence-electron chi connectivity index (χ2n) is 8.37. The first-order valence-electron chi connectivity index (χ1n) is 11.4. The normalized spacial score (nSPS) is 12.5. The van der Waals surface area contributed by atoms with E-state index in [0.29, 0.717) is 46.7 Å². The number of hydrogen-bond donors (Lipinski definition) is 0. The van der Waals surface area contributed by atoms with E-state index in [4.69, 9.17) is 28.9 Å². The van der Waals surface area contributed by atoms with Crippen molar-refractivity contribution in [3.8, 4) is 28.9 Å². The summed E-state index contributed by atoms with van der Waals surface area (Å²) in [4.78, 5) is 23.8. The maximum atomic E-state index is 11.8. The monoisotopic (exact) mass is 490 g/mol. The molecule has 8 heteroatoms. The van der Waals surface area contributed by atoms with Crippen LogP contribution in [0, 0.1) is 0 Å². The van der Waals surface area contributed by atoms with Crippen LogP contribution in [0.25, 0.3) is 10.2 Å². The molecule has 180 valence electrons. The standard InChI is InChI=1S/C27H26N2O5S/c1-15(30)17-9-11-20(22(14-17)33-4)34-26-25-18-6-5-7-23(18)35-27(25)29-24(28-26)13-16-8-10-19(31-2)21(12-16)32-3/h8-12,14H,5-7,13H2,1-4H3. The van der Waals surface area contributed by atoms with Gasteiger partial charge in [0, 0.05) is 16.9 Å². The molecule has 2 aromatic heterocycles. The summed E-state index contributed by atoms with van der Waals surface area (Å²) in [5, 5.41) is 0.969. The van der Waals surface area contributed by atoms with Crippen LogP contribution in [0.5, 0.6) is 28.9 Å². The molecule has 0 aliphatic heterocycles. The Morgan fingerprint density at radius 3 is 2.40 bits per heavy atom. The second kappa shape index (κ2) is 9.54. The van der Waals surface area contributed by atoms with Crippen LogP contribution in [-0.2, 0) is 19.3 Å². The van der Waals surface area contributed by atoms with Crippen LogP contribution in [0.4, 0.5) is 0 Å². The van der Waals surface area contributed by atoms with E-state index in [0.717, 1.165) is 35.0 Å². The Kier molecular flexibility index (Phi) is 6.30. The van der Waals surface area contributed by atoms with Crippen molar-refractivity contribution in [2.45, 2.75) is 32.6 Å². The predicted octanol–water partition coefficient (Wildman–Crippen LogP) is 5.79. The minimum atomic E-state index is -0.0351. The second-order valence-corrected chi connectivity index (χ2v) is 9.46. The third kappa shape index (κ3) is 4.41. The van der Waals surface area contributed by atoms with Crippen LogP contribution in [0.15, 0.2) is 36.4 Å². The fourth-order valence-corrected chi connectivity index (χ4v) is 5.68. The Labute approximate surface area is 207 Å². The van der Waals surface area contributed by atoms with Gasteiger partial charge in [-0.05, 0) is 67.6 Å². The maximum absolute atomic E-state index is 11.8. The predicted molar refractivity (Wildman–Crippen MR) is 135 cm³/mol. The lowest BCUT2D eigenvalue weighted by Crippen LogP contribution is -2.02. The number of rotatable bonds is 8. The molecule has 0 unspecified atom stereocenters. The Morgan fingerprint density at radius 2 is 1.66 bits per heavy atom. The van der Waals surface area contributed by atoms with Crippen LogP contribution in [-0.4, -0.2) is 37.1 Å². The van der Waals surface area contributed by atoms with Gasteiger partial charge in [0.2, 0.25) is 5.88 Å². The zero-order chi connectivity index (χ0) is 24.5. The summed E-state index contributed by atoms with van der Waals surface area (Å²) in [5.41, 5.74) is 2.84. The molecule has 0 bridgehead atoms. The summed E-state index contributed by atoms with van der Waals surface area (Å²) >= 11 is 1.71. The van der Waals surface area contributed by atoms with Crippen molar-refractivity contribution in [3.63, 3.8) is 0 Å². The van der Waals surface area contributed by atoms with Gasteiger partial charge >= 0.3 is 0 Å². The van der Waals surface area contributed by atoms with E-state index in [1.807, 2.05) is 18.2 Å². The van der Waals surface area contributed by atoms with E-state index in [1.54, 1.807) is 50.9 Å². The summed E-state index contributed by atoms with van der Waals surface area (Å²) in [7, 11) is 4.80. The molecule has 0 saturated carbocycles. The zero-order valence-corrected chi connectivity index (χ0v) is 21.0. The number of hydrogen-bond acceptors (Lipinski definition) is 8. The van der Waals surface area contributed by atoms with Crippen LogP contribution in [0.2, 0.25) is 0 Å². The third-order valence-electron chi connectivity index (χ3n) is 6.16. The quantitative estimate of drug-likeness (QED) is 0.289. The minimum Gasteiger partial charge on any atom is -0.493 e. The average Bonchev–Trinajstić information content (AvgIpc) is 3.45. The smallest absolute Gasteiger partial charge is 0.231 e. The molecule has 1 aliphatic carbocycles. The van der Waals surface area contributed by atoms with Crippen LogP contribution < -0.4 is 18.9 Å². The topological polar surface area (TPSA) is 79.8 Å². The molecule has 0 amide bonds. The van der Waals surface area contributed by atoms with E-state index in [9.17, 15) is 4.79 Å². The average molecular weight is 491 g/mol. The van der Waals surface area contributed by atoms with Crippen LogP contribution >= 0.6 is 11.3 Å². The number of thiophene rings is 1. The lowest BCUT2D eigenvalue weighted by molar-refractivity contribution is 0.101. The SMILES string of the molecule is COc1ccc(Cc2nc(Oc3ccc(C(C)=O)cc3OC)c3c4c(sc3n2)CCC4)cc1OC. The number of nitrogens with zero attached hydrogens (tertiary/aromatic N) is 2. The molecule has 0 spiro atoms. The van der Waals surface area contributed by atoms with E-state index in [-0.39, 0.29) is 5.78 Å². The van der Waals surface area contributed by atoms with Crippen molar-refractivity contribution >= 4 is 27.3 Å². The molecule has 0 saturated heterocycles. The number of benzene rings is 2. The van der Waals surface area contributed by atoms with Gasteiger partial charge in [0.25, 0.3) is 0 Å². The van der Waals surface area contributed by atoms with Crippen molar-refractivity contribution in [2.24, 2.45) is 0 Å². The first-order chi connectivity index (χ1) is 17.0. The van der Waals surface area contributed by atoms with Crippen molar-refractivity contribution in [1.82, 2.24) is 9.97 Å². The number of ether oxygens (including phenoxy) is 4. The first kappa shape index (κ1) is 23.1. The molecular weight excluding hydrogens is 464 g/mol. The van der Waals surface area contributed by atoms with Gasteiger partial charge in [-0.1, -0.05) is 6.07 Å². The molecule has 7 nitrogen and oxygen atoms in total. The minimum absolute atomic E-state index is 0.0351. The van der Waals surface area contributed by atoms with Gasteiger partial charge in [-0.15, -0.1) is 11.3 Å². The number of carbonyl (C=O) groups excluding carboxylic acids is 1. The highest BCUT2D eigenvalue weighted by atomic mass is 32.1. The lowest BCUT2D eigenvalue weighted by Gasteiger charge is -2.13. The molecule has 0 atom stereocenters. The van der Waals surface area contributed by atoms with Gasteiger partial charge in [0.05, 0.1) is 26.7 Å². The van der Waals surface area contributed by atoms with Gasteiger partial charge in [-0.2, -0.15) is 4.98 Å². The fraction of sp³-hybridized carbons (Fsp3) is 0.296. The van der Waals surface area contributed by atoms with E-state index in [2.05, 4.69) is 0 Å². The highest BCUT2D eigenvalue weighted by Crippen LogP contribution is 2.43. The summed E-state index contributed by atoms with van der Waals surface area (Å²) in [6, 6.07) is 11.0. The Balaban J connectivity index is 1.57. The molecule has 35 heavy (non-hydrogen) atoms. The van der Waals surface area contributed by atoms with Gasteiger partial charge in [0.1, 0.15) is 10.7 Å². The number of aromatic nitrogens is 2. The number of fused-ring (bicyclic) bond motifs is 3. The summed E-state index contributed by atoms with van der Waals surface area (Å²) < 4.78 is 22.7. The molecule has 5 rings (SSSR count). The molecule has 0 N–H and O–H groups in total. The highest BCUT2D eigenvalue weighted by molar-refractivity contribution is 7.19. The summed E-state index contributed by atoms with van der Waals surface area (Å²) in [6.45, 7) is 1.53. The summed E-state index contributed by atoms with van der Waals surface area (Å²) in [5.74, 6) is 3.45. The first-order valence-corrected chi connectivity index (χ1v) is 12.2. The molecular formula is C27H26N2O5S. The van der Waals surface area contributed by atoms with Gasteiger partial charge < -0.3 is 18.9 Å². The number of methoxy groups -OCH3 is 3. The maximum Gasteiger partial charge on any atom is 0.231 e. The largest absolute Gasteiger partial charge is 0.493 e.